The van der Waals surface area contributed by atoms with Crippen LogP contribution in [0.5, 0.6) is 0 Å². The van der Waals surface area contributed by atoms with Gasteiger partial charge < -0.3 is 5.73 Å². The SMILES string of the molecule is Cl.Nc1cc(C(F)(F)F)ccc1-n1cccn1. The summed E-state index contributed by atoms with van der Waals surface area (Å²) < 4.78 is 38.5. The second-order valence-corrected chi connectivity index (χ2v) is 3.22. The molecule has 0 unspecified atom stereocenters. The zero-order chi connectivity index (χ0) is 11.8. The van der Waals surface area contributed by atoms with Crippen molar-refractivity contribution in [3.05, 3.63) is 42.2 Å². The largest absolute Gasteiger partial charge is 0.416 e. The molecule has 0 saturated carbocycles. The van der Waals surface area contributed by atoms with Crippen LogP contribution in [0.4, 0.5) is 18.9 Å². The molecule has 0 spiro atoms. The molecule has 0 bridgehead atoms. The van der Waals surface area contributed by atoms with E-state index in [4.69, 9.17) is 5.73 Å². The molecule has 7 heteroatoms. The Morgan fingerprint density at radius 2 is 1.94 bits per heavy atom. The molecule has 1 aromatic heterocycles. The first-order valence-corrected chi connectivity index (χ1v) is 4.45. The van der Waals surface area contributed by atoms with Gasteiger partial charge in [0.05, 0.1) is 16.9 Å². The van der Waals surface area contributed by atoms with E-state index in [9.17, 15) is 13.2 Å². The fourth-order valence-corrected chi connectivity index (χ4v) is 1.35. The van der Waals surface area contributed by atoms with Crippen LogP contribution in [0.2, 0.25) is 0 Å². The zero-order valence-electron chi connectivity index (χ0n) is 8.48. The molecule has 0 aliphatic heterocycles. The highest BCUT2D eigenvalue weighted by Gasteiger charge is 2.30. The Bertz CT molecular complexity index is 494. The second kappa shape index (κ2) is 4.67. The normalized spacial score (nSPS) is 11.0. The molecule has 0 amide bonds. The Morgan fingerprint density at radius 1 is 1.24 bits per heavy atom. The van der Waals surface area contributed by atoms with E-state index >= 15 is 0 Å². The van der Waals surface area contributed by atoms with Crippen LogP contribution in [0.3, 0.4) is 0 Å². The first-order valence-electron chi connectivity index (χ1n) is 4.45. The monoisotopic (exact) mass is 263 g/mol. The van der Waals surface area contributed by atoms with Crippen molar-refractivity contribution in [3.8, 4) is 5.69 Å². The van der Waals surface area contributed by atoms with Gasteiger partial charge in [0.2, 0.25) is 0 Å². The number of halogens is 4. The third-order valence-electron chi connectivity index (χ3n) is 2.11. The third kappa shape index (κ3) is 2.71. The molecule has 0 radical (unpaired) electrons. The van der Waals surface area contributed by atoms with E-state index in [0.29, 0.717) is 5.69 Å². The van der Waals surface area contributed by atoms with Crippen molar-refractivity contribution in [2.24, 2.45) is 0 Å². The number of rotatable bonds is 1. The van der Waals surface area contributed by atoms with Crippen molar-refractivity contribution in [1.82, 2.24) is 9.78 Å². The molecule has 17 heavy (non-hydrogen) atoms. The number of anilines is 1. The minimum atomic E-state index is -4.38. The van der Waals surface area contributed by atoms with Crippen LogP contribution >= 0.6 is 12.4 Å². The van der Waals surface area contributed by atoms with Gasteiger partial charge in [-0.3, -0.25) is 0 Å². The minimum absolute atomic E-state index is 0. The standard InChI is InChI=1S/C10H8F3N3.ClH/c11-10(12,13)7-2-3-9(8(14)6-7)16-5-1-4-15-16;/h1-6H,14H2;1H. The summed E-state index contributed by atoms with van der Waals surface area (Å²) in [6, 6.07) is 4.84. The maximum Gasteiger partial charge on any atom is 0.416 e. The van der Waals surface area contributed by atoms with Gasteiger partial charge in [0, 0.05) is 12.4 Å². The predicted octanol–water partition coefficient (Wildman–Crippen LogP) is 2.90. The Hall–Kier alpha value is -1.69. The number of nitrogen functional groups attached to an aromatic ring is 1. The molecule has 0 aliphatic rings. The van der Waals surface area contributed by atoms with Crippen LogP contribution in [-0.2, 0) is 6.18 Å². The quantitative estimate of drug-likeness (QED) is 0.804. The topological polar surface area (TPSA) is 43.8 Å². The lowest BCUT2D eigenvalue weighted by molar-refractivity contribution is -0.137. The van der Waals surface area contributed by atoms with Crippen molar-refractivity contribution >= 4 is 18.1 Å². The van der Waals surface area contributed by atoms with Crippen LogP contribution in [0.1, 0.15) is 5.56 Å². The molecular formula is C10H9ClF3N3. The highest BCUT2D eigenvalue weighted by molar-refractivity contribution is 5.85. The van der Waals surface area contributed by atoms with Gasteiger partial charge in [-0.25, -0.2) is 4.68 Å². The molecule has 2 N–H and O–H groups in total. The van der Waals surface area contributed by atoms with Crippen molar-refractivity contribution in [1.29, 1.82) is 0 Å². The van der Waals surface area contributed by atoms with E-state index in [0.717, 1.165) is 12.1 Å². The van der Waals surface area contributed by atoms with E-state index in [1.165, 1.54) is 16.9 Å². The zero-order valence-corrected chi connectivity index (χ0v) is 9.29. The Balaban J connectivity index is 0.00000144. The molecule has 0 aliphatic carbocycles. The van der Waals surface area contributed by atoms with Gasteiger partial charge in [0.1, 0.15) is 0 Å². The number of hydrogen-bond acceptors (Lipinski definition) is 2. The summed E-state index contributed by atoms with van der Waals surface area (Å²) in [7, 11) is 0. The molecule has 92 valence electrons. The van der Waals surface area contributed by atoms with Gasteiger partial charge in [-0.05, 0) is 24.3 Å². The highest BCUT2D eigenvalue weighted by Crippen LogP contribution is 2.32. The predicted molar refractivity (Wildman–Crippen MR) is 60.2 cm³/mol. The number of nitrogens with zero attached hydrogens (tertiary/aromatic N) is 2. The number of alkyl halides is 3. The molecule has 1 aromatic carbocycles. The first-order chi connectivity index (χ1) is 7.48. The van der Waals surface area contributed by atoms with Crippen molar-refractivity contribution in [3.63, 3.8) is 0 Å². The average molecular weight is 264 g/mol. The number of hydrogen-bond donors (Lipinski definition) is 1. The van der Waals surface area contributed by atoms with E-state index in [1.807, 2.05) is 0 Å². The lowest BCUT2D eigenvalue weighted by atomic mass is 10.1. The molecular weight excluding hydrogens is 255 g/mol. The lowest BCUT2D eigenvalue weighted by Crippen LogP contribution is -2.07. The van der Waals surface area contributed by atoms with Gasteiger partial charge in [0.15, 0.2) is 0 Å². The number of aromatic nitrogens is 2. The fraction of sp³-hybridized carbons (Fsp3) is 0.100. The van der Waals surface area contributed by atoms with Crippen molar-refractivity contribution < 1.29 is 13.2 Å². The van der Waals surface area contributed by atoms with E-state index in [1.54, 1.807) is 12.3 Å². The van der Waals surface area contributed by atoms with E-state index in [2.05, 4.69) is 5.10 Å². The molecule has 1 heterocycles. The van der Waals surface area contributed by atoms with Crippen LogP contribution in [0, 0.1) is 0 Å². The summed E-state index contributed by atoms with van der Waals surface area (Å²) in [6.07, 6.45) is -1.24. The summed E-state index contributed by atoms with van der Waals surface area (Å²) in [6.45, 7) is 0. The van der Waals surface area contributed by atoms with E-state index < -0.39 is 11.7 Å². The summed E-state index contributed by atoms with van der Waals surface area (Å²) in [5.41, 5.74) is 5.25. The van der Waals surface area contributed by atoms with Gasteiger partial charge >= 0.3 is 6.18 Å². The van der Waals surface area contributed by atoms with Crippen LogP contribution in [-0.4, -0.2) is 9.78 Å². The second-order valence-electron chi connectivity index (χ2n) is 3.22. The average Bonchev–Trinajstić information content (AvgIpc) is 2.69. The summed E-state index contributed by atoms with van der Waals surface area (Å²) in [4.78, 5) is 0. The van der Waals surface area contributed by atoms with Gasteiger partial charge in [-0.2, -0.15) is 18.3 Å². The summed E-state index contributed by atoms with van der Waals surface area (Å²) in [5, 5.41) is 3.89. The smallest absolute Gasteiger partial charge is 0.397 e. The molecule has 2 rings (SSSR count). The summed E-state index contributed by atoms with van der Waals surface area (Å²) in [5.74, 6) is 0. The van der Waals surface area contributed by atoms with Gasteiger partial charge in [0.25, 0.3) is 0 Å². The molecule has 0 saturated heterocycles. The highest BCUT2D eigenvalue weighted by atomic mass is 35.5. The van der Waals surface area contributed by atoms with Crippen LogP contribution in [0.15, 0.2) is 36.7 Å². The van der Waals surface area contributed by atoms with Gasteiger partial charge in [-0.1, -0.05) is 0 Å². The van der Waals surface area contributed by atoms with Crippen LogP contribution in [0.25, 0.3) is 5.69 Å². The number of nitrogens with two attached hydrogens (primary N) is 1. The fourth-order valence-electron chi connectivity index (χ4n) is 1.35. The maximum absolute atomic E-state index is 12.4. The molecule has 2 aromatic rings. The first kappa shape index (κ1) is 13.4. The Morgan fingerprint density at radius 3 is 2.41 bits per heavy atom. The lowest BCUT2D eigenvalue weighted by Gasteiger charge is -2.10. The van der Waals surface area contributed by atoms with E-state index in [-0.39, 0.29) is 18.1 Å². The van der Waals surface area contributed by atoms with Crippen molar-refractivity contribution in [2.45, 2.75) is 6.18 Å². The van der Waals surface area contributed by atoms with Gasteiger partial charge in [-0.15, -0.1) is 12.4 Å². The molecule has 0 fully saturated rings. The number of benzene rings is 1. The Labute approximate surface area is 101 Å². The molecule has 3 nitrogen and oxygen atoms in total. The third-order valence-corrected chi connectivity index (χ3v) is 2.11. The van der Waals surface area contributed by atoms with Crippen molar-refractivity contribution in [2.75, 3.05) is 5.73 Å². The maximum atomic E-state index is 12.4. The molecule has 0 atom stereocenters. The Kier molecular flexibility index (Phi) is 3.67. The van der Waals surface area contributed by atoms with Crippen LogP contribution < -0.4 is 5.73 Å². The summed E-state index contributed by atoms with van der Waals surface area (Å²) >= 11 is 0. The minimum Gasteiger partial charge on any atom is -0.397 e.